The van der Waals surface area contributed by atoms with Crippen molar-refractivity contribution in [3.8, 4) is 117 Å². The smallest absolute Gasteiger partial charge is 0.161 e. The van der Waals surface area contributed by atoms with Crippen LogP contribution in [0.4, 0.5) is 11.4 Å². The van der Waals surface area contributed by atoms with Gasteiger partial charge in [-0.2, -0.15) is 0 Å². The molecule has 662 valence electrons. The van der Waals surface area contributed by atoms with Crippen molar-refractivity contribution in [2.24, 2.45) is 0 Å². The third kappa shape index (κ3) is 13.6. The van der Waals surface area contributed by atoms with Gasteiger partial charge in [0.05, 0.1) is 11.0 Å². The molecule has 2 unspecified atom stereocenters. The van der Waals surface area contributed by atoms with E-state index < -0.39 is 0 Å². The Hall–Kier alpha value is -18.7. The molecule has 0 bridgehead atoms. The minimum atomic E-state index is -0.0453. The minimum absolute atomic E-state index is 0.0453. The summed E-state index contributed by atoms with van der Waals surface area (Å²) in [6, 6.07) is 174. The maximum atomic E-state index is 6.65. The molecule has 2 aliphatic rings. The fraction of sp³-hybridized carbons (Fsp3) is 0.0152. The number of aromatic nitrogens is 2. The zero-order valence-corrected chi connectivity index (χ0v) is 76.2. The van der Waals surface area contributed by atoms with Gasteiger partial charge in [0.2, 0.25) is 0 Å². The molecular formula is C132H83N3O6. The molecule has 30 rings (SSSR count). The van der Waals surface area contributed by atoms with Gasteiger partial charge >= 0.3 is 0 Å². The van der Waals surface area contributed by atoms with E-state index in [-0.39, 0.29) is 12.1 Å². The summed E-state index contributed by atoms with van der Waals surface area (Å²) in [5.41, 5.74) is 41.2. The van der Waals surface area contributed by atoms with Gasteiger partial charge in [0.15, 0.2) is 17.3 Å². The summed E-state index contributed by atoms with van der Waals surface area (Å²) in [4.78, 5) is 2.44. The Morgan fingerprint density at radius 1 is 0.184 bits per heavy atom. The highest BCUT2D eigenvalue weighted by Crippen LogP contribution is 2.60. The third-order valence-electron chi connectivity index (χ3n) is 28.6. The van der Waals surface area contributed by atoms with Crippen LogP contribution < -0.4 is 9.64 Å². The molecule has 9 heterocycles. The van der Waals surface area contributed by atoms with E-state index in [1.807, 2.05) is 12.1 Å². The van der Waals surface area contributed by atoms with Gasteiger partial charge in [-0.3, -0.25) is 0 Å². The molecule has 28 aromatic rings. The summed E-state index contributed by atoms with van der Waals surface area (Å²) in [7, 11) is 0. The topological polar surface area (TPSA) is 88.0 Å². The Labute approximate surface area is 810 Å². The molecule has 0 fully saturated rings. The number of anilines is 2. The molecule has 0 saturated heterocycles. The number of para-hydroxylation sites is 8. The molecule has 2 atom stereocenters. The van der Waals surface area contributed by atoms with Crippen molar-refractivity contribution in [2.75, 3.05) is 4.90 Å². The summed E-state index contributed by atoms with van der Waals surface area (Å²) < 4.78 is 43.9. The maximum absolute atomic E-state index is 6.65. The van der Waals surface area contributed by atoms with E-state index in [4.69, 9.17) is 26.8 Å². The van der Waals surface area contributed by atoms with Crippen LogP contribution in [0.5, 0.6) is 5.75 Å². The Bertz CT molecular complexity index is 9810. The highest BCUT2D eigenvalue weighted by Gasteiger charge is 2.47. The molecule has 2 aliphatic heterocycles. The first-order chi connectivity index (χ1) is 69.9. The lowest BCUT2D eigenvalue weighted by Gasteiger charge is -2.26. The summed E-state index contributed by atoms with van der Waals surface area (Å²) in [5, 5.41) is 11.2. The summed E-state index contributed by atoms with van der Waals surface area (Å²) in [6.07, 6.45) is -0.0453. The summed E-state index contributed by atoms with van der Waals surface area (Å²) >= 11 is 0. The number of ether oxygens (including phenoxy) is 1. The van der Waals surface area contributed by atoms with Crippen molar-refractivity contribution >= 4 is 143 Å². The van der Waals surface area contributed by atoms with E-state index in [2.05, 4.69) is 493 Å². The number of furan rings is 5. The van der Waals surface area contributed by atoms with Crippen molar-refractivity contribution in [3.05, 3.63) is 503 Å². The zero-order valence-electron chi connectivity index (χ0n) is 76.2. The second kappa shape index (κ2) is 33.1. The molecule has 0 amide bonds. The number of hydrogen-bond acceptors (Lipinski definition) is 7. The molecule has 9 heteroatoms. The van der Waals surface area contributed by atoms with Gasteiger partial charge < -0.3 is 40.9 Å². The fourth-order valence-corrected chi connectivity index (χ4v) is 22.1. The Kier molecular flexibility index (Phi) is 19.0. The fourth-order valence-electron chi connectivity index (χ4n) is 22.1. The largest absolute Gasteiger partial charge is 0.483 e. The third-order valence-corrected chi connectivity index (χ3v) is 28.6. The quantitative estimate of drug-likeness (QED) is 0.120. The van der Waals surface area contributed by atoms with Gasteiger partial charge in [-0.15, -0.1) is 0 Å². The highest BCUT2D eigenvalue weighted by molar-refractivity contribution is 6.20. The average molecular weight is 1810 g/mol. The van der Waals surface area contributed by atoms with Crippen molar-refractivity contribution in [1.29, 1.82) is 0 Å². The van der Waals surface area contributed by atoms with Gasteiger partial charge in [-0.25, -0.2) is 0 Å². The van der Waals surface area contributed by atoms with E-state index in [1.54, 1.807) is 0 Å². The maximum Gasteiger partial charge on any atom is 0.161 e. The molecule has 9 nitrogen and oxygen atoms in total. The van der Waals surface area contributed by atoms with Crippen LogP contribution >= 0.6 is 0 Å². The molecule has 0 saturated carbocycles. The first kappa shape index (κ1) is 80.7. The first-order valence-electron chi connectivity index (χ1n) is 48.0. The van der Waals surface area contributed by atoms with E-state index in [9.17, 15) is 0 Å². The van der Waals surface area contributed by atoms with Gasteiger partial charge in [-0.05, 0) is 253 Å². The van der Waals surface area contributed by atoms with Crippen LogP contribution in [-0.4, -0.2) is 9.13 Å². The van der Waals surface area contributed by atoms with Crippen molar-refractivity contribution in [1.82, 2.24) is 9.13 Å². The second-order valence-corrected chi connectivity index (χ2v) is 36.7. The number of rotatable bonds is 12. The molecule has 0 radical (unpaired) electrons. The van der Waals surface area contributed by atoms with Crippen LogP contribution in [0.3, 0.4) is 0 Å². The lowest BCUT2D eigenvalue weighted by molar-refractivity contribution is 0.223. The van der Waals surface area contributed by atoms with E-state index in [0.29, 0.717) is 0 Å². The number of fused-ring (bicyclic) bond motifs is 24. The molecule has 0 aliphatic carbocycles. The van der Waals surface area contributed by atoms with Gasteiger partial charge in [0, 0.05) is 98.9 Å². The molecule has 0 spiro atoms. The minimum Gasteiger partial charge on any atom is -0.483 e. The highest BCUT2D eigenvalue weighted by atomic mass is 16.5. The first-order valence-corrected chi connectivity index (χ1v) is 48.0. The van der Waals surface area contributed by atoms with Crippen molar-refractivity contribution in [2.45, 2.75) is 12.1 Å². The van der Waals surface area contributed by atoms with Gasteiger partial charge in [0.25, 0.3) is 0 Å². The van der Waals surface area contributed by atoms with Crippen LogP contribution in [0.1, 0.15) is 23.3 Å². The monoisotopic (exact) mass is 1810 g/mol. The average Bonchev–Trinajstić information content (AvgIpc) is 1.56. The SMILES string of the molecule is c1ccc(-c2ccc3c(c2)oc2cc(-c4cccc(-c5ccc6oc7c8ccccc8n(-c8ccccc8)c7c6c5)c4)ccc23)cc1.c1ccc(-c2ccc3oc4c(-c5cccc(-c6ccc7c(c6)C6C(O7)c7ccccc7N6c6ccccc6)c5)cccc4c3c2)cc1.c1ccc(-c2cccc3c2oc2cccc(-c4cccc(-c5ccc6oc7c8ccccc8n(-c8ccccc8)c7c6c5)c4)c23)cc1. The Morgan fingerprint density at radius 2 is 0.553 bits per heavy atom. The number of nitrogens with zero attached hydrogens (tertiary/aromatic N) is 3. The van der Waals surface area contributed by atoms with E-state index in [0.717, 1.165) is 227 Å². The second-order valence-electron chi connectivity index (χ2n) is 36.7. The van der Waals surface area contributed by atoms with Gasteiger partial charge in [0.1, 0.15) is 67.5 Å². The normalized spacial score (nSPS) is 13.3. The van der Waals surface area contributed by atoms with Crippen LogP contribution in [0.25, 0.3) is 243 Å². The van der Waals surface area contributed by atoms with E-state index in [1.165, 1.54) is 44.8 Å². The summed E-state index contributed by atoms with van der Waals surface area (Å²) in [5.74, 6) is 0.956. The van der Waals surface area contributed by atoms with Crippen molar-refractivity contribution < 1.29 is 26.8 Å². The predicted molar refractivity (Wildman–Crippen MR) is 579 cm³/mol. The number of hydrogen-bond donors (Lipinski definition) is 0. The predicted octanol–water partition coefficient (Wildman–Crippen LogP) is 36.8. The molecular weight excluding hydrogens is 1720 g/mol. The van der Waals surface area contributed by atoms with Crippen molar-refractivity contribution in [3.63, 3.8) is 0 Å². The molecule has 21 aromatic carbocycles. The van der Waals surface area contributed by atoms with Crippen LogP contribution in [-0.2, 0) is 0 Å². The molecule has 0 N–H and O–H groups in total. The summed E-state index contributed by atoms with van der Waals surface area (Å²) in [6.45, 7) is 0. The Balaban J connectivity index is 0.000000104. The Morgan fingerprint density at radius 3 is 1.13 bits per heavy atom. The number of benzene rings is 21. The standard InChI is InChI=1S/C44H27NO2.C44H29NO2.C44H27NO2/c1-3-12-28(13-4-1)34-20-10-21-36-41-33(19-11-23-40(41)47-43(34)36)31-15-9-14-29(26-31)30-24-25-39-37(27-30)42-44(46-39)35-18-7-8-22-38(35)45(42)32-16-5-2-6-17-32;1-3-11-28(12-4-1)30-21-23-40-37(26-30)35-19-10-18-34(43(35)46-40)32-14-9-13-29(25-32)31-22-24-41-38(27-31)42-44(47-41)36-17-7-8-20-39(36)45(42)33-15-5-2-6-16-33;1-3-10-28(11-4-1)32-18-21-35-36-22-19-33(27-42(36)46-41(35)26-32)30-13-9-12-29(24-30)31-20-23-40-38(25-31)43-44(47-40)37-16-7-8-17-39(37)45(43)34-14-5-2-6-15-34/h1-27H;1-27,42,44H;1-27H. The van der Waals surface area contributed by atoms with Crippen LogP contribution in [0.2, 0.25) is 0 Å². The van der Waals surface area contributed by atoms with Crippen LogP contribution in [0, 0.1) is 0 Å². The van der Waals surface area contributed by atoms with Crippen LogP contribution in [0.15, 0.2) is 513 Å². The zero-order chi connectivity index (χ0) is 92.7. The molecule has 7 aromatic heterocycles. The lowest BCUT2D eigenvalue weighted by Crippen LogP contribution is -2.20. The lowest BCUT2D eigenvalue weighted by atomic mass is 9.94. The molecule has 141 heavy (non-hydrogen) atoms. The van der Waals surface area contributed by atoms with E-state index >= 15 is 0 Å². The van der Waals surface area contributed by atoms with Gasteiger partial charge in [-0.1, -0.05) is 328 Å².